The van der Waals surface area contributed by atoms with Crippen molar-refractivity contribution in [2.45, 2.75) is 112 Å². The molecule has 0 radical (unpaired) electrons. The number of urea groups is 1. The quantitative estimate of drug-likeness (QED) is 0.331. The van der Waals surface area contributed by atoms with Crippen LogP contribution >= 0.6 is 0 Å². The first-order valence-corrected chi connectivity index (χ1v) is 22.3. The average molecular weight is 819 g/mol. The van der Waals surface area contributed by atoms with E-state index in [1.807, 2.05) is 30.3 Å². The smallest absolute Gasteiger partial charge is 0.318 e. The van der Waals surface area contributed by atoms with Crippen LogP contribution in [0.3, 0.4) is 0 Å². The van der Waals surface area contributed by atoms with Gasteiger partial charge in [0.1, 0.15) is 29.5 Å². The monoisotopic (exact) mass is 818 g/mol. The predicted molar refractivity (Wildman–Crippen MR) is 215 cm³/mol. The number of methoxy groups -OCH3 is 1. The number of fused-ring (bicyclic) bond motifs is 9. The Balaban J connectivity index is 1.13. The van der Waals surface area contributed by atoms with Gasteiger partial charge in [-0.15, -0.1) is 6.58 Å². The SMILES string of the molecule is C=C[C@@H]1C[C@]1(NC(=O)[C@@H]1C[C@@H]2CN1C(=O)[C@H](C1CCCCC1)NC(=O)N1CC(C1)OCCCC/C=C/c1cc3ccc(OC)cc3nc1O2)C(=O)NS(=O)(=O)C1CC1. The van der Waals surface area contributed by atoms with Crippen LogP contribution in [-0.2, 0) is 29.1 Å². The Morgan fingerprint density at radius 1 is 1.03 bits per heavy atom. The van der Waals surface area contributed by atoms with Crippen LogP contribution < -0.4 is 24.8 Å². The first-order chi connectivity index (χ1) is 28.0. The van der Waals surface area contributed by atoms with Gasteiger partial charge in [0.15, 0.2) is 0 Å². The summed E-state index contributed by atoms with van der Waals surface area (Å²) in [5, 5.41) is 6.18. The van der Waals surface area contributed by atoms with Crippen molar-refractivity contribution in [3.8, 4) is 11.6 Å². The van der Waals surface area contributed by atoms with Crippen molar-refractivity contribution in [3.05, 3.63) is 48.6 Å². The third-order valence-corrected chi connectivity index (χ3v) is 14.4. The normalized spacial score (nSPS) is 30.2. The highest BCUT2D eigenvalue weighted by atomic mass is 32.2. The van der Waals surface area contributed by atoms with Crippen molar-refractivity contribution in [2.75, 3.05) is 33.4 Å². The number of aromatic nitrogens is 1. The fourth-order valence-corrected chi connectivity index (χ4v) is 10.2. The molecule has 9 rings (SSSR count). The van der Waals surface area contributed by atoms with E-state index >= 15 is 0 Å². The highest BCUT2D eigenvalue weighted by molar-refractivity contribution is 7.91. The lowest BCUT2D eigenvalue weighted by molar-refractivity contribution is -0.142. The number of hydrogen-bond acceptors (Lipinski definition) is 10. The number of benzene rings is 1. The van der Waals surface area contributed by atoms with Gasteiger partial charge in [-0.3, -0.25) is 19.1 Å². The van der Waals surface area contributed by atoms with Gasteiger partial charge in [-0.05, 0) is 75.5 Å². The Kier molecular flexibility index (Phi) is 11.4. The largest absolute Gasteiger partial charge is 0.497 e. The molecule has 5 amide bonds. The number of nitrogens with one attached hydrogen (secondary N) is 3. The number of amides is 5. The van der Waals surface area contributed by atoms with Gasteiger partial charge >= 0.3 is 6.03 Å². The first-order valence-electron chi connectivity index (χ1n) is 20.8. The Morgan fingerprint density at radius 3 is 2.55 bits per heavy atom. The molecular weight excluding hydrogens is 765 g/mol. The Labute approximate surface area is 339 Å². The Bertz CT molecular complexity index is 2080. The molecule has 0 spiro atoms. The van der Waals surface area contributed by atoms with Crippen molar-refractivity contribution in [2.24, 2.45) is 11.8 Å². The number of hydrogen-bond donors (Lipinski definition) is 3. The molecule has 58 heavy (non-hydrogen) atoms. The molecule has 4 bridgehead atoms. The lowest BCUT2D eigenvalue weighted by Crippen LogP contribution is -2.63. The summed E-state index contributed by atoms with van der Waals surface area (Å²) >= 11 is 0. The van der Waals surface area contributed by atoms with E-state index in [4.69, 9.17) is 19.2 Å². The topological polar surface area (TPSA) is 186 Å². The number of sulfonamides is 1. The fraction of sp³-hybridized carbons (Fsp3) is 0.595. The molecule has 3 aliphatic carbocycles. The van der Waals surface area contributed by atoms with E-state index in [0.717, 1.165) is 62.3 Å². The van der Waals surface area contributed by atoms with Gasteiger partial charge in [-0.2, -0.15) is 0 Å². The van der Waals surface area contributed by atoms with Gasteiger partial charge in [0, 0.05) is 36.0 Å². The molecular formula is C42H54N6O9S. The predicted octanol–water partition coefficient (Wildman–Crippen LogP) is 3.82. The molecule has 5 fully saturated rings. The van der Waals surface area contributed by atoms with E-state index in [1.165, 1.54) is 11.0 Å². The number of pyridine rings is 1. The van der Waals surface area contributed by atoms with Gasteiger partial charge < -0.3 is 34.6 Å². The molecule has 7 aliphatic rings. The van der Waals surface area contributed by atoms with Gasteiger partial charge in [-0.1, -0.05) is 37.5 Å². The standard InChI is InChI=1S/C42H54N6O9S/c1-3-29-22-42(29,40(51)46-58(53,54)33-16-17-33)45-37(49)35-21-31-25-48(35)39(50)36(26-11-8-6-9-12-26)44-41(52)47-23-32(24-47)56-18-10-5-4-7-13-28-19-27-14-15-30(55-2)20-34(27)43-38(28)57-31/h3,7,13-15,19-20,26,29,31-33,35-36H,1,4-6,8-12,16-18,21-25H2,2H3,(H,44,52)(H,45,49)(H,46,51)/b13-7+/t29-,31-,35+,36+,42-/m1/s1. The number of nitrogens with zero attached hydrogens (tertiary/aromatic N) is 3. The maximum absolute atomic E-state index is 15.0. The maximum Gasteiger partial charge on any atom is 0.318 e. The van der Waals surface area contributed by atoms with Gasteiger partial charge in [-0.25, -0.2) is 18.2 Å². The van der Waals surface area contributed by atoms with Crippen molar-refractivity contribution in [1.29, 1.82) is 0 Å². The summed E-state index contributed by atoms with van der Waals surface area (Å²) in [6.07, 6.45) is 12.9. The number of carbonyl (C=O) groups excluding carboxylic acids is 4. The molecule has 15 nitrogen and oxygen atoms in total. The first kappa shape index (κ1) is 40.1. The molecule has 4 aliphatic heterocycles. The third kappa shape index (κ3) is 8.40. The second-order valence-corrected chi connectivity index (χ2v) is 18.7. The summed E-state index contributed by atoms with van der Waals surface area (Å²) in [7, 11) is -2.32. The molecule has 0 unspecified atom stereocenters. The highest BCUT2D eigenvalue weighted by Crippen LogP contribution is 2.46. The van der Waals surface area contributed by atoms with Crippen LogP contribution in [0, 0.1) is 11.8 Å². The van der Waals surface area contributed by atoms with Crippen LogP contribution in [-0.4, -0.2) is 115 Å². The second-order valence-electron chi connectivity index (χ2n) is 16.7. The molecule has 3 N–H and O–H groups in total. The molecule has 3 saturated carbocycles. The van der Waals surface area contributed by atoms with Crippen molar-refractivity contribution in [3.63, 3.8) is 0 Å². The van der Waals surface area contributed by atoms with Gasteiger partial charge in [0.25, 0.3) is 5.91 Å². The van der Waals surface area contributed by atoms with Gasteiger partial charge in [0.05, 0.1) is 43.6 Å². The fourth-order valence-electron chi connectivity index (χ4n) is 8.82. The van der Waals surface area contributed by atoms with E-state index in [-0.39, 0.29) is 37.4 Å². The lowest BCUT2D eigenvalue weighted by Gasteiger charge is -2.41. The molecule has 1 aromatic heterocycles. The minimum absolute atomic E-state index is 0.0107. The zero-order chi connectivity index (χ0) is 40.6. The van der Waals surface area contributed by atoms with Crippen LogP contribution in [0.25, 0.3) is 17.0 Å². The van der Waals surface area contributed by atoms with E-state index in [0.29, 0.717) is 49.7 Å². The zero-order valence-corrected chi connectivity index (χ0v) is 33.8. The van der Waals surface area contributed by atoms with E-state index in [2.05, 4.69) is 28.0 Å². The summed E-state index contributed by atoms with van der Waals surface area (Å²) in [5.74, 6) is -1.54. The molecule has 2 saturated heterocycles. The Hall–Kier alpha value is -4.70. The maximum atomic E-state index is 15.0. The van der Waals surface area contributed by atoms with Crippen molar-refractivity contribution in [1.82, 2.24) is 30.1 Å². The summed E-state index contributed by atoms with van der Waals surface area (Å²) in [6.45, 7) is 5.27. The molecule has 312 valence electrons. The molecule has 2 aromatic rings. The van der Waals surface area contributed by atoms with E-state index in [9.17, 15) is 27.6 Å². The number of ether oxygens (including phenoxy) is 3. The van der Waals surface area contributed by atoms with Crippen LogP contribution in [0.2, 0.25) is 0 Å². The number of rotatable bonds is 8. The molecule has 16 heteroatoms. The summed E-state index contributed by atoms with van der Waals surface area (Å²) in [6, 6.07) is 5.24. The lowest BCUT2D eigenvalue weighted by atomic mass is 9.83. The van der Waals surface area contributed by atoms with Gasteiger partial charge in [0.2, 0.25) is 27.7 Å². The minimum Gasteiger partial charge on any atom is -0.497 e. The number of carbonyl (C=O) groups is 4. The molecule has 5 heterocycles. The van der Waals surface area contributed by atoms with Crippen LogP contribution in [0.5, 0.6) is 11.6 Å². The van der Waals surface area contributed by atoms with Crippen LogP contribution in [0.1, 0.15) is 82.6 Å². The molecule has 1 aromatic carbocycles. The van der Waals surface area contributed by atoms with Crippen LogP contribution in [0.4, 0.5) is 4.79 Å². The minimum atomic E-state index is -3.90. The number of allylic oxidation sites excluding steroid dienone is 1. The van der Waals surface area contributed by atoms with Crippen molar-refractivity contribution >= 4 is 50.8 Å². The van der Waals surface area contributed by atoms with Crippen LogP contribution in [0.15, 0.2) is 43.0 Å². The third-order valence-electron chi connectivity index (χ3n) is 12.6. The highest BCUT2D eigenvalue weighted by Gasteiger charge is 2.62. The molecule has 5 atom stereocenters. The summed E-state index contributed by atoms with van der Waals surface area (Å²) < 4.78 is 46.0. The summed E-state index contributed by atoms with van der Waals surface area (Å²) in [4.78, 5) is 64.9. The zero-order valence-electron chi connectivity index (χ0n) is 33.0. The Morgan fingerprint density at radius 2 is 1.83 bits per heavy atom. The van der Waals surface area contributed by atoms with E-state index in [1.54, 1.807) is 12.0 Å². The second kappa shape index (κ2) is 16.5. The van der Waals surface area contributed by atoms with E-state index < -0.39 is 62.6 Å². The van der Waals surface area contributed by atoms with Crippen molar-refractivity contribution < 1.29 is 41.8 Å². The average Bonchev–Trinajstić information content (AvgIpc) is 4.13. The summed E-state index contributed by atoms with van der Waals surface area (Å²) in [5.41, 5.74) is -0.164.